The summed E-state index contributed by atoms with van der Waals surface area (Å²) in [5.41, 5.74) is 2.83. The monoisotopic (exact) mass is 684 g/mol. The van der Waals surface area contributed by atoms with Gasteiger partial charge in [-0.1, -0.05) is 23.7 Å². The van der Waals surface area contributed by atoms with Gasteiger partial charge in [0, 0.05) is 23.3 Å². The number of nitrogens with zero attached hydrogens (tertiary/aromatic N) is 2. The average Bonchev–Trinajstić information content (AvgIpc) is 3.01. The van der Waals surface area contributed by atoms with E-state index in [-0.39, 0.29) is 34.0 Å². The zero-order chi connectivity index (χ0) is 33.2. The second kappa shape index (κ2) is 16.5. The van der Waals surface area contributed by atoms with Gasteiger partial charge in [0.1, 0.15) is 30.0 Å². The number of aliphatic hydroxyl groups is 2. The van der Waals surface area contributed by atoms with E-state index in [1.165, 1.54) is 18.3 Å². The number of halogens is 2. The number of pyridine rings is 1. The largest absolute Gasteiger partial charge is 0.492 e. The third kappa shape index (κ3) is 9.51. The first kappa shape index (κ1) is 34.9. The number of carbonyl (C=O) groups is 1. The van der Waals surface area contributed by atoms with Crippen LogP contribution in [0.4, 0.5) is 21.5 Å². The van der Waals surface area contributed by atoms with Crippen LogP contribution in [-0.2, 0) is 11.4 Å². The minimum atomic E-state index is -0.511. The van der Waals surface area contributed by atoms with Crippen molar-refractivity contribution in [2.45, 2.75) is 27.4 Å². The fourth-order valence-corrected chi connectivity index (χ4v) is 6.38. The molecular formula is C33H34ClFN4O5S2. The van der Waals surface area contributed by atoms with E-state index in [1.807, 2.05) is 6.92 Å². The van der Waals surface area contributed by atoms with Crippen LogP contribution in [-0.4, -0.2) is 49.3 Å². The molecule has 4 rings (SSSR count). The molecule has 4 N–H and O–H groups in total. The van der Waals surface area contributed by atoms with Crippen molar-refractivity contribution in [2.75, 3.05) is 28.7 Å². The number of benzene rings is 3. The number of thiol groups is 2. The van der Waals surface area contributed by atoms with Gasteiger partial charge in [-0.3, -0.25) is 9.78 Å². The number of nitrogens with one attached hydrogen (secondary N) is 2. The van der Waals surface area contributed by atoms with Crippen LogP contribution in [0.15, 0.2) is 60.8 Å². The summed E-state index contributed by atoms with van der Waals surface area (Å²) in [5, 5.41) is 36.9. The molecule has 1 amide bonds. The predicted molar refractivity (Wildman–Crippen MR) is 190 cm³/mol. The van der Waals surface area contributed by atoms with Crippen molar-refractivity contribution in [3.63, 3.8) is 0 Å². The lowest BCUT2D eigenvalue weighted by atomic mass is 10.1. The third-order valence-corrected chi connectivity index (χ3v) is 9.04. The maximum absolute atomic E-state index is 13.5. The molecule has 0 saturated heterocycles. The zero-order valence-corrected chi connectivity index (χ0v) is 27.9. The summed E-state index contributed by atoms with van der Waals surface area (Å²) in [6.45, 7) is 5.43. The lowest BCUT2D eigenvalue weighted by molar-refractivity contribution is -0.118. The Morgan fingerprint density at radius 2 is 1.80 bits per heavy atom. The molecule has 0 radical (unpaired) electrons. The van der Waals surface area contributed by atoms with Crippen LogP contribution < -0.4 is 20.1 Å². The molecule has 3 aromatic carbocycles. The van der Waals surface area contributed by atoms with Gasteiger partial charge in [-0.05, 0) is 74.2 Å². The number of fused-ring (bicyclic) bond motifs is 1. The van der Waals surface area contributed by atoms with E-state index in [0.29, 0.717) is 90.9 Å². The van der Waals surface area contributed by atoms with Gasteiger partial charge in [-0.15, -0.1) is 0 Å². The number of carbonyl (C=O) groups excluding carboxylic acids is 1. The van der Waals surface area contributed by atoms with E-state index in [4.69, 9.17) is 21.1 Å². The van der Waals surface area contributed by atoms with Crippen LogP contribution in [0.2, 0.25) is 5.02 Å². The van der Waals surface area contributed by atoms with Gasteiger partial charge < -0.3 is 30.3 Å². The van der Waals surface area contributed by atoms with Crippen LogP contribution in [0, 0.1) is 23.1 Å². The van der Waals surface area contributed by atoms with Gasteiger partial charge in [0.05, 0.1) is 50.1 Å². The smallest absolute Gasteiger partial charge is 0.229 e. The summed E-state index contributed by atoms with van der Waals surface area (Å²) in [6.07, 6.45) is 1.45. The van der Waals surface area contributed by atoms with Crippen molar-refractivity contribution in [2.24, 2.45) is 5.92 Å². The van der Waals surface area contributed by atoms with E-state index in [1.54, 1.807) is 56.3 Å². The van der Waals surface area contributed by atoms with Gasteiger partial charge in [0.2, 0.25) is 5.91 Å². The minimum Gasteiger partial charge on any atom is -0.492 e. The topological polar surface area (TPSA) is 137 Å². The van der Waals surface area contributed by atoms with Crippen LogP contribution in [0.5, 0.6) is 11.5 Å². The predicted octanol–water partition coefficient (Wildman–Crippen LogP) is 7.52. The third-order valence-electron chi connectivity index (χ3n) is 6.58. The van der Waals surface area contributed by atoms with Crippen molar-refractivity contribution in [3.05, 3.63) is 82.8 Å². The van der Waals surface area contributed by atoms with Gasteiger partial charge in [0.25, 0.3) is 0 Å². The first-order valence-corrected chi connectivity index (χ1v) is 16.8. The number of hydrogen-bond acceptors (Lipinski definition) is 6. The maximum Gasteiger partial charge on any atom is 0.229 e. The average molecular weight is 685 g/mol. The molecule has 0 aliphatic carbocycles. The van der Waals surface area contributed by atoms with E-state index in [2.05, 4.69) is 21.7 Å². The molecule has 9 nitrogen and oxygen atoms in total. The number of nitriles is 1. The number of anilines is 3. The fourth-order valence-electron chi connectivity index (χ4n) is 4.38. The summed E-state index contributed by atoms with van der Waals surface area (Å²) >= 11 is 7.75. The first-order chi connectivity index (χ1) is 22.1. The highest BCUT2D eigenvalue weighted by molar-refractivity contribution is 7.99. The molecule has 0 aliphatic rings. The Labute approximate surface area is 278 Å². The molecule has 0 spiro atoms. The standard InChI is InChI=1S/C33H34ClFN4O5S2/c1-4-43-31-13-28-26(12-29(31)39-33(42)23(17-45-19(2)40)18-46-20(3)41)32(22(14-36)15-37-28)38-25-8-9-30(27(34)11-25)44-16-21-6-5-7-24(35)10-21/h5-13,15,23,40-41,45-46H,4,16-18H2,1-3H3,(H,37,38)(H,39,42). The molecule has 1 aromatic heterocycles. The number of aliphatic hydroxyl groups excluding tert-OH is 2. The van der Waals surface area contributed by atoms with E-state index >= 15 is 0 Å². The van der Waals surface area contributed by atoms with Crippen molar-refractivity contribution in [3.8, 4) is 17.6 Å². The molecule has 242 valence electrons. The van der Waals surface area contributed by atoms with Crippen molar-refractivity contribution < 1.29 is 28.9 Å². The summed E-state index contributed by atoms with van der Waals surface area (Å²) < 4.78 is 25.2. The molecule has 1 heterocycles. The summed E-state index contributed by atoms with van der Waals surface area (Å²) in [7, 11) is 0. The maximum atomic E-state index is 13.5. The van der Waals surface area contributed by atoms with Crippen molar-refractivity contribution in [1.82, 2.24) is 4.98 Å². The lowest BCUT2D eigenvalue weighted by Crippen LogP contribution is -2.26. The summed E-state index contributed by atoms with van der Waals surface area (Å²) in [6, 6.07) is 16.7. The molecule has 13 heteroatoms. The second-order valence-corrected chi connectivity index (χ2v) is 13.2. The molecule has 0 aliphatic heterocycles. The summed E-state index contributed by atoms with van der Waals surface area (Å²) in [4.78, 5) is 17.9. The second-order valence-electron chi connectivity index (χ2n) is 10.1. The lowest BCUT2D eigenvalue weighted by Gasteiger charge is -2.19. The van der Waals surface area contributed by atoms with Gasteiger partial charge in [-0.25, -0.2) is 4.39 Å². The van der Waals surface area contributed by atoms with Gasteiger partial charge in [0.15, 0.2) is 0 Å². The Hall–Kier alpha value is -3.99. The fraction of sp³-hybridized carbons (Fsp3) is 0.242. The van der Waals surface area contributed by atoms with Crippen LogP contribution in [0.25, 0.3) is 10.9 Å². The van der Waals surface area contributed by atoms with E-state index < -0.39 is 5.92 Å². The number of hydrogen-bond donors (Lipinski definition) is 6. The molecule has 0 fully saturated rings. The molecule has 0 bridgehead atoms. The Balaban J connectivity index is 1.67. The SMILES string of the molecule is CCOc1cc2ncc(C#N)c(Nc3ccc(OCc4cccc(F)c4)c(Cl)c3)c2cc1NC(=O)C(C[SH]=C(C)O)C[SH]=C(C)O. The highest BCUT2D eigenvalue weighted by atomic mass is 35.5. The molecule has 4 aromatic rings. The Morgan fingerprint density at radius 3 is 2.43 bits per heavy atom. The van der Waals surface area contributed by atoms with E-state index in [9.17, 15) is 24.7 Å². The molecule has 0 unspecified atom stereocenters. The number of rotatable bonds is 13. The van der Waals surface area contributed by atoms with E-state index in [0.717, 1.165) is 0 Å². The highest BCUT2D eigenvalue weighted by Crippen LogP contribution is 2.37. The molecule has 0 atom stereocenters. The Morgan fingerprint density at radius 1 is 1.07 bits per heavy atom. The van der Waals surface area contributed by atoms with Gasteiger partial charge in [-0.2, -0.15) is 28.0 Å². The van der Waals surface area contributed by atoms with Gasteiger partial charge >= 0.3 is 0 Å². The van der Waals surface area contributed by atoms with Crippen LogP contribution >= 0.6 is 34.3 Å². The quantitative estimate of drug-likeness (QED) is 0.0629. The van der Waals surface area contributed by atoms with Crippen LogP contribution in [0.3, 0.4) is 0 Å². The highest BCUT2D eigenvalue weighted by Gasteiger charge is 2.21. The minimum absolute atomic E-state index is 0.129. The Kier molecular flexibility index (Phi) is 12.5. The molecule has 46 heavy (non-hydrogen) atoms. The van der Waals surface area contributed by atoms with Crippen LogP contribution in [0.1, 0.15) is 31.9 Å². The Bertz CT molecular complexity index is 1820. The van der Waals surface area contributed by atoms with Crippen molar-refractivity contribution in [1.29, 1.82) is 5.26 Å². The number of aromatic nitrogens is 1. The summed E-state index contributed by atoms with van der Waals surface area (Å²) in [5.74, 6) is 0.358. The zero-order valence-electron chi connectivity index (χ0n) is 25.3. The molecule has 0 saturated carbocycles. The number of amides is 1. The number of ether oxygens (including phenoxy) is 2. The normalized spacial score (nSPS) is 12.7. The van der Waals surface area contributed by atoms with Crippen molar-refractivity contribution >= 4 is 78.3 Å². The molecular weight excluding hydrogens is 651 g/mol. The first-order valence-electron chi connectivity index (χ1n) is 14.2.